The Bertz CT molecular complexity index is 1050. The summed E-state index contributed by atoms with van der Waals surface area (Å²) in [5.74, 6) is 0.258. The lowest BCUT2D eigenvalue weighted by molar-refractivity contribution is -0.144. The number of ether oxygens (including phenoxy) is 2. The molecular weight excluding hydrogens is 515 g/mol. The number of nitrogens with zero attached hydrogens (tertiary/aromatic N) is 1. The number of benzene rings is 2. The van der Waals surface area contributed by atoms with E-state index >= 15 is 0 Å². The van der Waals surface area contributed by atoms with Gasteiger partial charge in [0.2, 0.25) is 10.0 Å². The molecule has 194 valence electrons. The molecule has 0 aromatic heterocycles. The lowest BCUT2D eigenvalue weighted by Crippen LogP contribution is -2.39. The Balaban J connectivity index is 1.90. The maximum absolute atomic E-state index is 11.7. The summed E-state index contributed by atoms with van der Waals surface area (Å²) >= 11 is 12.1. The third-order valence-electron chi connectivity index (χ3n) is 4.89. The quantitative estimate of drug-likeness (QED) is 0.325. The normalized spacial score (nSPS) is 12.4. The van der Waals surface area contributed by atoms with Crippen molar-refractivity contribution in [1.82, 2.24) is 4.90 Å². The zero-order valence-electron chi connectivity index (χ0n) is 19.9. The first-order valence-electron chi connectivity index (χ1n) is 11.3. The molecule has 0 saturated heterocycles. The van der Waals surface area contributed by atoms with Crippen molar-refractivity contribution < 1.29 is 27.8 Å². The summed E-state index contributed by atoms with van der Waals surface area (Å²) in [6.07, 6.45) is 2.04. The predicted molar refractivity (Wildman–Crippen MR) is 139 cm³/mol. The number of aliphatic hydroxyl groups is 1. The molecule has 0 spiro atoms. The van der Waals surface area contributed by atoms with Crippen LogP contribution in [0.5, 0.6) is 5.75 Å². The van der Waals surface area contributed by atoms with Crippen molar-refractivity contribution in [1.29, 1.82) is 0 Å². The van der Waals surface area contributed by atoms with E-state index in [9.17, 15) is 18.3 Å². The first kappa shape index (κ1) is 29.2. The molecule has 8 nitrogen and oxygen atoms in total. The smallest absolute Gasteiger partial charge is 0.305 e. The third-order valence-corrected chi connectivity index (χ3v) is 6.24. The minimum absolute atomic E-state index is 0.0394. The van der Waals surface area contributed by atoms with Crippen LogP contribution in [0.15, 0.2) is 42.5 Å². The van der Waals surface area contributed by atoms with E-state index in [2.05, 4.69) is 4.72 Å². The Morgan fingerprint density at radius 2 is 1.83 bits per heavy atom. The fourth-order valence-corrected chi connectivity index (χ4v) is 4.10. The van der Waals surface area contributed by atoms with Crippen molar-refractivity contribution >= 4 is 44.9 Å². The molecular formula is C24H32Cl2N2O6S. The number of anilines is 1. The number of hydrogen-bond donors (Lipinski definition) is 2. The van der Waals surface area contributed by atoms with Crippen LogP contribution in [0.1, 0.15) is 25.3 Å². The number of carbonyl (C=O) groups excluding carboxylic acids is 1. The fraction of sp³-hybridized carbons (Fsp3) is 0.458. The van der Waals surface area contributed by atoms with Crippen molar-refractivity contribution in [3.8, 4) is 5.75 Å². The highest BCUT2D eigenvalue weighted by atomic mass is 35.5. The molecule has 0 aliphatic rings. The van der Waals surface area contributed by atoms with Gasteiger partial charge in [0.05, 0.1) is 16.3 Å². The molecule has 2 N–H and O–H groups in total. The van der Waals surface area contributed by atoms with E-state index in [1.807, 2.05) is 24.0 Å². The van der Waals surface area contributed by atoms with Crippen molar-refractivity contribution in [2.24, 2.45) is 0 Å². The molecule has 2 aromatic rings. The first-order valence-corrected chi connectivity index (χ1v) is 13.9. The van der Waals surface area contributed by atoms with E-state index in [1.165, 1.54) is 0 Å². The zero-order chi connectivity index (χ0) is 25.8. The maximum atomic E-state index is 11.7. The predicted octanol–water partition coefficient (Wildman–Crippen LogP) is 3.99. The van der Waals surface area contributed by atoms with Crippen molar-refractivity contribution in [2.75, 3.05) is 43.8 Å². The van der Waals surface area contributed by atoms with Gasteiger partial charge in [0.1, 0.15) is 25.1 Å². The minimum atomic E-state index is -3.36. The Morgan fingerprint density at radius 3 is 2.46 bits per heavy atom. The van der Waals surface area contributed by atoms with E-state index < -0.39 is 16.1 Å². The molecule has 0 bridgehead atoms. The van der Waals surface area contributed by atoms with Gasteiger partial charge in [0, 0.05) is 31.7 Å². The minimum Gasteiger partial charge on any atom is -0.491 e. The van der Waals surface area contributed by atoms with Gasteiger partial charge < -0.3 is 14.6 Å². The standard InChI is InChI=1S/C24H32Cl2N2O6S/c1-3-4-24(30)33-14-13-28(12-11-18-5-10-22(25)23(26)15-18)16-20(29)17-34-21-8-6-19(7-9-21)27-35(2,31)32/h5-10,15,20,27,29H,3-4,11-14,16-17H2,1-2H3/t20-/m1/s1. The second-order valence-electron chi connectivity index (χ2n) is 8.13. The van der Waals surface area contributed by atoms with Crippen LogP contribution in [0.2, 0.25) is 10.0 Å². The summed E-state index contributed by atoms with van der Waals surface area (Å²) in [5.41, 5.74) is 1.42. The Morgan fingerprint density at radius 1 is 1.11 bits per heavy atom. The van der Waals surface area contributed by atoms with Crippen LogP contribution in [0.3, 0.4) is 0 Å². The molecule has 1 atom stereocenters. The molecule has 0 unspecified atom stereocenters. The summed E-state index contributed by atoms with van der Waals surface area (Å²) in [7, 11) is -3.36. The van der Waals surface area contributed by atoms with Crippen LogP contribution < -0.4 is 9.46 Å². The Hall–Kier alpha value is -2.04. The topological polar surface area (TPSA) is 105 Å². The Labute approximate surface area is 217 Å². The van der Waals surface area contributed by atoms with Gasteiger partial charge in [-0.15, -0.1) is 0 Å². The third kappa shape index (κ3) is 12.0. The van der Waals surface area contributed by atoms with Gasteiger partial charge in [-0.2, -0.15) is 0 Å². The molecule has 2 aromatic carbocycles. The molecule has 11 heteroatoms. The largest absolute Gasteiger partial charge is 0.491 e. The molecule has 0 aliphatic heterocycles. The van der Waals surface area contributed by atoms with E-state index in [0.29, 0.717) is 54.0 Å². The first-order chi connectivity index (χ1) is 16.6. The monoisotopic (exact) mass is 546 g/mol. The summed E-state index contributed by atoms with van der Waals surface area (Å²) in [6, 6.07) is 11.9. The molecule has 0 heterocycles. The number of sulfonamides is 1. The number of hydrogen-bond acceptors (Lipinski definition) is 7. The molecule has 0 aliphatic carbocycles. The average molecular weight is 548 g/mol. The number of carbonyl (C=O) groups is 1. The van der Waals surface area contributed by atoms with Gasteiger partial charge >= 0.3 is 5.97 Å². The van der Waals surface area contributed by atoms with Gasteiger partial charge in [-0.3, -0.25) is 14.4 Å². The van der Waals surface area contributed by atoms with Gasteiger partial charge in [-0.25, -0.2) is 8.42 Å². The van der Waals surface area contributed by atoms with Crippen LogP contribution in [0, 0.1) is 0 Å². The summed E-state index contributed by atoms with van der Waals surface area (Å²) < 4.78 is 35.9. The van der Waals surface area contributed by atoms with Gasteiger partial charge in [-0.1, -0.05) is 36.2 Å². The summed E-state index contributed by atoms with van der Waals surface area (Å²) in [5, 5.41) is 11.5. The van der Waals surface area contributed by atoms with Gasteiger partial charge in [-0.05, 0) is 54.8 Å². The average Bonchev–Trinajstić information content (AvgIpc) is 2.78. The van der Waals surface area contributed by atoms with Crippen LogP contribution >= 0.6 is 23.2 Å². The van der Waals surface area contributed by atoms with Gasteiger partial charge in [0.15, 0.2) is 0 Å². The molecule has 0 amide bonds. The van der Waals surface area contributed by atoms with Crippen LogP contribution in [0.25, 0.3) is 0 Å². The highest BCUT2D eigenvalue weighted by molar-refractivity contribution is 7.92. The molecule has 0 fully saturated rings. The second kappa shape index (κ2) is 14.5. The Kier molecular flexibility index (Phi) is 12.1. The van der Waals surface area contributed by atoms with E-state index in [4.69, 9.17) is 32.7 Å². The number of aliphatic hydroxyl groups excluding tert-OH is 1. The van der Waals surface area contributed by atoms with Crippen molar-refractivity contribution in [3.05, 3.63) is 58.1 Å². The molecule has 35 heavy (non-hydrogen) atoms. The van der Waals surface area contributed by atoms with E-state index in [-0.39, 0.29) is 19.2 Å². The zero-order valence-corrected chi connectivity index (χ0v) is 22.2. The number of esters is 1. The van der Waals surface area contributed by atoms with E-state index in [0.717, 1.165) is 18.2 Å². The highest BCUT2D eigenvalue weighted by Crippen LogP contribution is 2.23. The second-order valence-corrected chi connectivity index (χ2v) is 10.7. The van der Waals surface area contributed by atoms with Crippen LogP contribution in [0.4, 0.5) is 5.69 Å². The molecule has 2 rings (SSSR count). The van der Waals surface area contributed by atoms with Crippen molar-refractivity contribution in [2.45, 2.75) is 32.3 Å². The number of nitrogens with one attached hydrogen (secondary N) is 1. The molecule has 0 radical (unpaired) electrons. The highest BCUT2D eigenvalue weighted by Gasteiger charge is 2.14. The SMILES string of the molecule is CCCC(=O)OCCN(CCc1ccc(Cl)c(Cl)c1)C[C@@H](O)COc1ccc(NS(C)(=O)=O)cc1. The van der Waals surface area contributed by atoms with Gasteiger partial charge in [0.25, 0.3) is 0 Å². The lowest BCUT2D eigenvalue weighted by atomic mass is 10.1. The summed E-state index contributed by atoms with van der Waals surface area (Å²) in [4.78, 5) is 13.7. The lowest BCUT2D eigenvalue weighted by Gasteiger charge is -2.25. The van der Waals surface area contributed by atoms with Crippen LogP contribution in [-0.4, -0.2) is 69.6 Å². The number of halogens is 2. The molecule has 0 saturated carbocycles. The van der Waals surface area contributed by atoms with E-state index in [1.54, 1.807) is 30.3 Å². The van der Waals surface area contributed by atoms with Crippen LogP contribution in [-0.2, 0) is 26.0 Å². The number of rotatable bonds is 15. The summed E-state index contributed by atoms with van der Waals surface area (Å²) in [6.45, 7) is 3.55. The fourth-order valence-electron chi connectivity index (χ4n) is 3.22. The maximum Gasteiger partial charge on any atom is 0.305 e. The van der Waals surface area contributed by atoms with Crippen molar-refractivity contribution in [3.63, 3.8) is 0 Å².